The highest BCUT2D eigenvalue weighted by Gasteiger charge is 2.07. The van der Waals surface area contributed by atoms with E-state index >= 15 is 0 Å². The van der Waals surface area contributed by atoms with Crippen molar-refractivity contribution in [2.45, 2.75) is 6.61 Å². The Kier molecular flexibility index (Phi) is 5.75. The minimum absolute atomic E-state index is 0.120. The number of hydrogen-bond donors (Lipinski definition) is 2. The molecule has 1 amide bonds. The molecule has 2 aromatic carbocycles. The molecule has 0 spiro atoms. The van der Waals surface area contributed by atoms with Gasteiger partial charge >= 0.3 is 0 Å². The predicted molar refractivity (Wildman–Crippen MR) is 81.6 cm³/mol. The average Bonchev–Trinajstić information content (AvgIpc) is 2.52. The first kappa shape index (κ1) is 16.3. The SMILES string of the molecule is O=C(NCCO)c1cccc(OCc2ccc(F)cc2Cl)c1. The fraction of sp³-hybridized carbons (Fsp3) is 0.188. The molecule has 0 heterocycles. The monoisotopic (exact) mass is 323 g/mol. The van der Waals surface area contributed by atoms with E-state index in [1.165, 1.54) is 12.1 Å². The molecule has 0 atom stereocenters. The summed E-state index contributed by atoms with van der Waals surface area (Å²) in [4.78, 5) is 11.8. The number of aliphatic hydroxyl groups excluding tert-OH is 1. The van der Waals surface area contributed by atoms with E-state index in [1.807, 2.05) is 0 Å². The van der Waals surface area contributed by atoms with E-state index in [2.05, 4.69) is 5.32 Å². The summed E-state index contributed by atoms with van der Waals surface area (Å²) in [6.07, 6.45) is 0. The van der Waals surface area contributed by atoms with Crippen molar-refractivity contribution >= 4 is 17.5 Å². The van der Waals surface area contributed by atoms with Crippen molar-refractivity contribution in [1.29, 1.82) is 0 Å². The van der Waals surface area contributed by atoms with Gasteiger partial charge in [-0.05, 0) is 30.3 Å². The van der Waals surface area contributed by atoms with Crippen LogP contribution >= 0.6 is 11.6 Å². The molecule has 2 N–H and O–H groups in total. The summed E-state index contributed by atoms with van der Waals surface area (Å²) in [5.41, 5.74) is 1.08. The Morgan fingerprint density at radius 2 is 2.09 bits per heavy atom. The molecule has 0 radical (unpaired) electrons. The van der Waals surface area contributed by atoms with Crippen LogP contribution in [0.3, 0.4) is 0 Å². The normalized spacial score (nSPS) is 10.3. The lowest BCUT2D eigenvalue weighted by Crippen LogP contribution is -2.26. The highest BCUT2D eigenvalue weighted by atomic mass is 35.5. The van der Waals surface area contributed by atoms with Crippen LogP contribution in [0.1, 0.15) is 15.9 Å². The van der Waals surface area contributed by atoms with Gasteiger partial charge in [0.05, 0.1) is 11.6 Å². The van der Waals surface area contributed by atoms with Gasteiger partial charge in [0.25, 0.3) is 5.91 Å². The zero-order valence-electron chi connectivity index (χ0n) is 11.7. The van der Waals surface area contributed by atoms with Gasteiger partial charge in [-0.15, -0.1) is 0 Å². The fourth-order valence-electron chi connectivity index (χ4n) is 1.80. The van der Waals surface area contributed by atoms with E-state index < -0.39 is 5.82 Å². The topological polar surface area (TPSA) is 58.6 Å². The number of aliphatic hydroxyl groups is 1. The highest BCUT2D eigenvalue weighted by molar-refractivity contribution is 6.31. The Morgan fingerprint density at radius 1 is 1.27 bits per heavy atom. The van der Waals surface area contributed by atoms with Gasteiger partial charge in [0, 0.05) is 17.7 Å². The molecule has 0 bridgehead atoms. The van der Waals surface area contributed by atoms with Crippen LogP contribution in [0.25, 0.3) is 0 Å². The van der Waals surface area contributed by atoms with Crippen LogP contribution in [0, 0.1) is 5.82 Å². The van der Waals surface area contributed by atoms with Crippen LogP contribution in [0.4, 0.5) is 4.39 Å². The second-order valence-corrected chi connectivity index (χ2v) is 4.94. The predicted octanol–water partition coefficient (Wildman–Crippen LogP) is 2.78. The second-order valence-electron chi connectivity index (χ2n) is 4.53. The van der Waals surface area contributed by atoms with Gasteiger partial charge in [-0.3, -0.25) is 4.79 Å². The maximum atomic E-state index is 13.0. The molecular formula is C16H15ClFNO3. The van der Waals surface area contributed by atoms with Crippen LogP contribution in [0.2, 0.25) is 5.02 Å². The number of carbonyl (C=O) groups is 1. The number of amides is 1. The van der Waals surface area contributed by atoms with E-state index in [1.54, 1.807) is 30.3 Å². The number of ether oxygens (including phenoxy) is 1. The summed E-state index contributed by atoms with van der Waals surface area (Å²) in [7, 11) is 0. The summed E-state index contributed by atoms with van der Waals surface area (Å²) in [6, 6.07) is 10.7. The maximum absolute atomic E-state index is 13.0. The van der Waals surface area contributed by atoms with Crippen molar-refractivity contribution < 1.29 is 19.0 Å². The summed E-state index contributed by atoms with van der Waals surface area (Å²) >= 11 is 5.93. The van der Waals surface area contributed by atoms with Crippen molar-refractivity contribution in [3.63, 3.8) is 0 Å². The molecular weight excluding hydrogens is 309 g/mol. The van der Waals surface area contributed by atoms with Gasteiger partial charge in [0.1, 0.15) is 18.2 Å². The minimum atomic E-state index is -0.406. The molecule has 0 fully saturated rings. The first-order valence-corrected chi connectivity index (χ1v) is 7.04. The second kappa shape index (κ2) is 7.77. The van der Waals surface area contributed by atoms with E-state index in [0.717, 1.165) is 0 Å². The zero-order chi connectivity index (χ0) is 15.9. The minimum Gasteiger partial charge on any atom is -0.489 e. The molecule has 2 rings (SSSR count). The maximum Gasteiger partial charge on any atom is 0.251 e. The molecule has 4 nitrogen and oxygen atoms in total. The van der Waals surface area contributed by atoms with Gasteiger partial charge in [-0.2, -0.15) is 0 Å². The zero-order valence-corrected chi connectivity index (χ0v) is 12.4. The number of halogens is 2. The molecule has 0 saturated heterocycles. The van der Waals surface area contributed by atoms with E-state index in [4.69, 9.17) is 21.4 Å². The smallest absolute Gasteiger partial charge is 0.251 e. The lowest BCUT2D eigenvalue weighted by atomic mass is 10.2. The number of hydrogen-bond acceptors (Lipinski definition) is 3. The van der Waals surface area contributed by atoms with Crippen LogP contribution in [0.15, 0.2) is 42.5 Å². The Morgan fingerprint density at radius 3 is 2.82 bits per heavy atom. The van der Waals surface area contributed by atoms with Crippen molar-refractivity contribution in [2.75, 3.05) is 13.2 Å². The Bertz CT molecular complexity index is 664. The molecule has 0 aliphatic carbocycles. The number of benzene rings is 2. The van der Waals surface area contributed by atoms with Gasteiger partial charge in [0.15, 0.2) is 0 Å². The Balaban J connectivity index is 2.02. The van der Waals surface area contributed by atoms with Crippen LogP contribution in [0.5, 0.6) is 5.75 Å². The molecule has 6 heteroatoms. The highest BCUT2D eigenvalue weighted by Crippen LogP contribution is 2.20. The summed E-state index contributed by atoms with van der Waals surface area (Å²) in [6.45, 7) is 0.237. The Labute approximate surface area is 132 Å². The first-order valence-electron chi connectivity index (χ1n) is 6.66. The van der Waals surface area contributed by atoms with Crippen molar-refractivity contribution in [3.05, 3.63) is 64.4 Å². The molecule has 0 aliphatic heterocycles. The van der Waals surface area contributed by atoms with Gasteiger partial charge in [-0.25, -0.2) is 4.39 Å². The number of carbonyl (C=O) groups excluding carboxylic acids is 1. The van der Waals surface area contributed by atoms with E-state index in [9.17, 15) is 9.18 Å². The van der Waals surface area contributed by atoms with Gasteiger partial charge in [-0.1, -0.05) is 23.7 Å². The van der Waals surface area contributed by atoms with E-state index in [0.29, 0.717) is 16.9 Å². The number of nitrogens with one attached hydrogen (secondary N) is 1. The standard InChI is InChI=1S/C16H15ClFNO3/c17-15-9-13(18)5-4-12(15)10-22-14-3-1-2-11(8-14)16(21)19-6-7-20/h1-5,8-9,20H,6-7,10H2,(H,19,21). The summed E-state index contributed by atoms with van der Waals surface area (Å²) in [5.74, 6) is -0.201. The van der Waals surface area contributed by atoms with Crippen LogP contribution < -0.4 is 10.1 Å². The lowest BCUT2D eigenvalue weighted by molar-refractivity contribution is 0.0944. The molecule has 0 aliphatic rings. The molecule has 116 valence electrons. The molecule has 0 saturated carbocycles. The van der Waals surface area contributed by atoms with Crippen molar-refractivity contribution in [3.8, 4) is 5.75 Å². The fourth-order valence-corrected chi connectivity index (χ4v) is 2.02. The number of rotatable bonds is 6. The summed E-state index contributed by atoms with van der Waals surface area (Å²) in [5, 5.41) is 11.5. The van der Waals surface area contributed by atoms with E-state index in [-0.39, 0.29) is 30.7 Å². The first-order chi connectivity index (χ1) is 10.6. The molecule has 2 aromatic rings. The lowest BCUT2D eigenvalue weighted by Gasteiger charge is -2.09. The third-order valence-electron chi connectivity index (χ3n) is 2.90. The summed E-state index contributed by atoms with van der Waals surface area (Å²) < 4.78 is 18.5. The average molecular weight is 324 g/mol. The van der Waals surface area contributed by atoms with Crippen molar-refractivity contribution in [1.82, 2.24) is 5.32 Å². The van der Waals surface area contributed by atoms with Crippen LogP contribution in [-0.2, 0) is 6.61 Å². The van der Waals surface area contributed by atoms with Crippen molar-refractivity contribution in [2.24, 2.45) is 0 Å². The Hall–Kier alpha value is -2.11. The van der Waals surface area contributed by atoms with Gasteiger partial charge in [0.2, 0.25) is 0 Å². The van der Waals surface area contributed by atoms with Gasteiger partial charge < -0.3 is 15.2 Å². The molecule has 0 unspecified atom stereocenters. The molecule has 0 aromatic heterocycles. The third kappa shape index (κ3) is 4.44. The molecule has 22 heavy (non-hydrogen) atoms. The quantitative estimate of drug-likeness (QED) is 0.859. The largest absolute Gasteiger partial charge is 0.489 e. The van der Waals surface area contributed by atoms with Crippen LogP contribution in [-0.4, -0.2) is 24.2 Å². The third-order valence-corrected chi connectivity index (χ3v) is 3.25.